The van der Waals surface area contributed by atoms with Gasteiger partial charge < -0.3 is 4.74 Å². The van der Waals surface area contributed by atoms with Crippen LogP contribution in [-0.4, -0.2) is 23.3 Å². The molecule has 0 bridgehead atoms. The Bertz CT molecular complexity index is 959. The van der Waals surface area contributed by atoms with E-state index >= 15 is 0 Å². The highest BCUT2D eigenvalue weighted by molar-refractivity contribution is 7.99. The number of thiazole rings is 1. The van der Waals surface area contributed by atoms with Crippen molar-refractivity contribution in [1.29, 1.82) is 0 Å². The summed E-state index contributed by atoms with van der Waals surface area (Å²) in [6.07, 6.45) is 0. The van der Waals surface area contributed by atoms with Crippen LogP contribution >= 0.6 is 23.1 Å². The summed E-state index contributed by atoms with van der Waals surface area (Å²) in [5.41, 5.74) is 1.87. The van der Waals surface area contributed by atoms with Crippen molar-refractivity contribution in [2.45, 2.75) is 24.5 Å². The molecule has 0 aliphatic heterocycles. The number of rotatable bonds is 7. The summed E-state index contributed by atoms with van der Waals surface area (Å²) in [5, 5.41) is 3.14. The number of thioether (sulfide) groups is 1. The summed E-state index contributed by atoms with van der Waals surface area (Å²) in [6.45, 7) is 4.43. The number of ether oxygens (including phenoxy) is 1. The van der Waals surface area contributed by atoms with Crippen LogP contribution in [0.3, 0.4) is 0 Å². The fourth-order valence-electron chi connectivity index (χ4n) is 2.61. The van der Waals surface area contributed by atoms with Crippen molar-refractivity contribution >= 4 is 34.1 Å². The van der Waals surface area contributed by atoms with Crippen molar-refractivity contribution < 1.29 is 18.3 Å². The topological polar surface area (TPSA) is 51.2 Å². The molecule has 0 fully saturated rings. The Labute approximate surface area is 170 Å². The summed E-state index contributed by atoms with van der Waals surface area (Å²) >= 11 is 1.69. The first-order valence-corrected chi connectivity index (χ1v) is 10.2. The monoisotopic (exact) mass is 420 g/mol. The standard InChI is InChI=1S/C20H18F2N2O2S2/c1-3-26-14-10-8-13(9-11-14)17-12(2)27-20(23-17)24-18(25)15-6-4-5-7-16(15)28-19(21)22/h4-11,19H,3H2,1-2H3,(H,23,24,25). The van der Waals surface area contributed by atoms with Gasteiger partial charge in [-0.1, -0.05) is 23.9 Å². The highest BCUT2D eigenvalue weighted by atomic mass is 32.2. The van der Waals surface area contributed by atoms with E-state index in [0.717, 1.165) is 21.9 Å². The molecule has 0 aliphatic rings. The van der Waals surface area contributed by atoms with Crippen LogP contribution in [0.1, 0.15) is 22.2 Å². The molecule has 3 aromatic rings. The first-order chi connectivity index (χ1) is 13.5. The number of carbonyl (C=O) groups excluding carboxylic acids is 1. The third kappa shape index (κ3) is 4.88. The third-order valence-electron chi connectivity index (χ3n) is 3.80. The average molecular weight is 421 g/mol. The van der Waals surface area contributed by atoms with Gasteiger partial charge in [-0.05, 0) is 50.2 Å². The predicted octanol–water partition coefficient (Wildman–Crippen LogP) is 6.08. The SMILES string of the molecule is CCOc1ccc(-c2nc(NC(=O)c3ccccc3SC(F)F)sc2C)cc1. The van der Waals surface area contributed by atoms with E-state index in [9.17, 15) is 13.6 Å². The fourth-order valence-corrected chi connectivity index (χ4v) is 4.08. The van der Waals surface area contributed by atoms with Crippen LogP contribution in [0, 0.1) is 6.92 Å². The molecule has 0 saturated carbocycles. The maximum absolute atomic E-state index is 12.7. The molecule has 0 saturated heterocycles. The number of hydrogen-bond acceptors (Lipinski definition) is 5. The number of benzene rings is 2. The number of nitrogens with one attached hydrogen (secondary N) is 1. The van der Waals surface area contributed by atoms with Gasteiger partial charge in [0.1, 0.15) is 5.75 Å². The number of amides is 1. The normalized spacial score (nSPS) is 10.9. The molecular weight excluding hydrogens is 402 g/mol. The van der Waals surface area contributed by atoms with Gasteiger partial charge in [-0.3, -0.25) is 10.1 Å². The van der Waals surface area contributed by atoms with Gasteiger partial charge in [-0.25, -0.2) is 4.98 Å². The number of aryl methyl sites for hydroxylation is 1. The molecule has 1 aromatic heterocycles. The van der Waals surface area contributed by atoms with Crippen LogP contribution in [0.25, 0.3) is 11.3 Å². The van der Waals surface area contributed by atoms with Crippen LogP contribution in [-0.2, 0) is 0 Å². The third-order valence-corrected chi connectivity index (χ3v) is 5.48. The Kier molecular flexibility index (Phi) is 6.64. The minimum Gasteiger partial charge on any atom is -0.494 e. The van der Waals surface area contributed by atoms with Crippen LogP contribution in [0.2, 0.25) is 0 Å². The zero-order valence-electron chi connectivity index (χ0n) is 15.2. The van der Waals surface area contributed by atoms with Gasteiger partial charge in [-0.2, -0.15) is 8.78 Å². The molecule has 1 N–H and O–H groups in total. The lowest BCUT2D eigenvalue weighted by Gasteiger charge is -2.07. The van der Waals surface area contributed by atoms with Crippen molar-refractivity contribution in [2.75, 3.05) is 11.9 Å². The van der Waals surface area contributed by atoms with Crippen molar-refractivity contribution in [3.8, 4) is 17.0 Å². The molecule has 2 aromatic carbocycles. The Morgan fingerprint density at radius 3 is 2.61 bits per heavy atom. The summed E-state index contributed by atoms with van der Waals surface area (Å²) in [5.74, 6) is -2.28. The second kappa shape index (κ2) is 9.16. The molecule has 8 heteroatoms. The van der Waals surface area contributed by atoms with E-state index in [4.69, 9.17) is 4.74 Å². The molecule has 3 rings (SSSR count). The van der Waals surface area contributed by atoms with E-state index in [1.807, 2.05) is 38.1 Å². The quantitative estimate of drug-likeness (QED) is 0.470. The van der Waals surface area contributed by atoms with Crippen LogP contribution in [0.4, 0.5) is 13.9 Å². The van der Waals surface area contributed by atoms with Gasteiger partial charge in [0.25, 0.3) is 11.7 Å². The van der Waals surface area contributed by atoms with Gasteiger partial charge in [0.15, 0.2) is 5.13 Å². The lowest BCUT2D eigenvalue weighted by Crippen LogP contribution is -2.13. The first kappa shape index (κ1) is 20.3. The maximum Gasteiger partial charge on any atom is 0.288 e. The molecular formula is C20H18F2N2O2S2. The molecule has 0 aliphatic carbocycles. The second-order valence-corrected chi connectivity index (χ2v) is 7.95. The Morgan fingerprint density at radius 2 is 1.93 bits per heavy atom. The van der Waals surface area contributed by atoms with E-state index in [0.29, 0.717) is 23.5 Å². The van der Waals surface area contributed by atoms with E-state index in [1.165, 1.54) is 23.5 Å². The van der Waals surface area contributed by atoms with Crippen LogP contribution < -0.4 is 10.1 Å². The average Bonchev–Trinajstić information content (AvgIpc) is 3.02. The van der Waals surface area contributed by atoms with E-state index in [1.54, 1.807) is 12.1 Å². The Hall–Kier alpha value is -2.45. The summed E-state index contributed by atoms with van der Waals surface area (Å²) in [7, 11) is 0. The van der Waals surface area contributed by atoms with Crippen LogP contribution in [0.15, 0.2) is 53.4 Å². The molecule has 1 amide bonds. The minimum atomic E-state index is -2.60. The van der Waals surface area contributed by atoms with Gasteiger partial charge in [0.05, 0.1) is 17.9 Å². The lowest BCUT2D eigenvalue weighted by atomic mass is 10.1. The van der Waals surface area contributed by atoms with Crippen LogP contribution in [0.5, 0.6) is 5.75 Å². The van der Waals surface area contributed by atoms with Gasteiger partial charge in [-0.15, -0.1) is 11.3 Å². The van der Waals surface area contributed by atoms with Gasteiger partial charge in [0, 0.05) is 15.3 Å². The Balaban J connectivity index is 1.79. The maximum atomic E-state index is 12.7. The number of alkyl halides is 2. The Morgan fingerprint density at radius 1 is 1.21 bits per heavy atom. The molecule has 146 valence electrons. The zero-order valence-corrected chi connectivity index (χ0v) is 16.9. The van der Waals surface area contributed by atoms with Crippen molar-refractivity contribution in [1.82, 2.24) is 4.98 Å². The molecule has 0 radical (unpaired) electrons. The second-order valence-electron chi connectivity index (χ2n) is 5.71. The predicted molar refractivity (Wildman–Crippen MR) is 110 cm³/mol. The number of halogens is 2. The summed E-state index contributed by atoms with van der Waals surface area (Å²) < 4.78 is 30.9. The first-order valence-electron chi connectivity index (χ1n) is 8.53. The zero-order chi connectivity index (χ0) is 20.1. The van der Waals surface area contributed by atoms with Crippen molar-refractivity contribution in [2.24, 2.45) is 0 Å². The number of carbonyl (C=O) groups is 1. The molecule has 0 atom stereocenters. The molecule has 4 nitrogen and oxygen atoms in total. The molecule has 1 heterocycles. The molecule has 0 unspecified atom stereocenters. The van der Waals surface area contributed by atoms with E-state index in [2.05, 4.69) is 10.3 Å². The molecule has 0 spiro atoms. The van der Waals surface area contributed by atoms with Crippen molar-refractivity contribution in [3.05, 3.63) is 59.0 Å². The number of hydrogen-bond donors (Lipinski definition) is 1. The minimum absolute atomic E-state index is 0.197. The molecule has 28 heavy (non-hydrogen) atoms. The number of anilines is 1. The highest BCUT2D eigenvalue weighted by Crippen LogP contribution is 2.33. The van der Waals surface area contributed by atoms with E-state index in [-0.39, 0.29) is 10.5 Å². The number of aromatic nitrogens is 1. The number of nitrogens with zero attached hydrogens (tertiary/aromatic N) is 1. The largest absolute Gasteiger partial charge is 0.494 e. The van der Waals surface area contributed by atoms with Crippen molar-refractivity contribution in [3.63, 3.8) is 0 Å². The van der Waals surface area contributed by atoms with Gasteiger partial charge in [0.2, 0.25) is 0 Å². The van der Waals surface area contributed by atoms with Gasteiger partial charge >= 0.3 is 0 Å². The fraction of sp³-hybridized carbons (Fsp3) is 0.200. The lowest BCUT2D eigenvalue weighted by molar-refractivity contribution is 0.102. The summed E-state index contributed by atoms with van der Waals surface area (Å²) in [4.78, 5) is 18.2. The highest BCUT2D eigenvalue weighted by Gasteiger charge is 2.17. The smallest absolute Gasteiger partial charge is 0.288 e. The summed E-state index contributed by atoms with van der Waals surface area (Å²) in [6, 6.07) is 13.8. The van der Waals surface area contributed by atoms with E-state index < -0.39 is 11.7 Å².